The molecule has 1 aromatic heterocycles. The van der Waals surface area contributed by atoms with Gasteiger partial charge in [-0.15, -0.1) is 5.10 Å². The lowest BCUT2D eigenvalue weighted by Crippen LogP contribution is -2.09. The van der Waals surface area contributed by atoms with Crippen molar-refractivity contribution in [1.82, 2.24) is 15.2 Å². The second-order valence-electron chi connectivity index (χ2n) is 5.73. The molecule has 7 heteroatoms. The zero-order valence-corrected chi connectivity index (χ0v) is 15.0. The molecule has 3 rings (SSSR count). The van der Waals surface area contributed by atoms with Crippen LogP contribution in [0, 0.1) is 0 Å². The van der Waals surface area contributed by atoms with E-state index in [1.54, 1.807) is 12.1 Å². The van der Waals surface area contributed by atoms with E-state index in [-0.39, 0.29) is 5.78 Å². The maximum atomic E-state index is 11.5. The maximum Gasteiger partial charge on any atom is 0.244 e. The Balaban J connectivity index is 1.61. The molecule has 2 N–H and O–H groups in total. The highest BCUT2D eigenvalue weighted by Crippen LogP contribution is 2.16. The van der Waals surface area contributed by atoms with Gasteiger partial charge in [-0.2, -0.15) is 10.1 Å². The number of hydrogen-bond acceptors (Lipinski definition) is 6. The van der Waals surface area contributed by atoms with Gasteiger partial charge in [0.2, 0.25) is 5.95 Å². The van der Waals surface area contributed by atoms with E-state index in [1.165, 1.54) is 13.1 Å². The summed E-state index contributed by atoms with van der Waals surface area (Å²) in [6.07, 6.45) is 2.32. The van der Waals surface area contributed by atoms with E-state index < -0.39 is 0 Å². The third-order valence-corrected chi connectivity index (χ3v) is 3.92. The number of benzene rings is 2. The molecule has 0 aliphatic heterocycles. The van der Waals surface area contributed by atoms with Crippen molar-refractivity contribution >= 4 is 34.8 Å². The summed E-state index contributed by atoms with van der Waals surface area (Å²) in [5, 5.41) is 14.9. The zero-order chi connectivity index (χ0) is 18.4. The fraction of sp³-hybridized carbons (Fsp3) is 0.158. The average molecular weight is 368 g/mol. The minimum absolute atomic E-state index is 0.0119. The van der Waals surface area contributed by atoms with Crippen LogP contribution in [0.2, 0.25) is 5.02 Å². The SMILES string of the molecule is CC(=O)c1cccc(Nc2cnnc(NCCc3cccc(Cl)c3)n2)c1. The molecule has 1 heterocycles. The van der Waals surface area contributed by atoms with E-state index >= 15 is 0 Å². The summed E-state index contributed by atoms with van der Waals surface area (Å²) in [6.45, 7) is 2.19. The number of anilines is 3. The molecule has 0 spiro atoms. The molecule has 6 nitrogen and oxygen atoms in total. The van der Waals surface area contributed by atoms with E-state index in [9.17, 15) is 4.79 Å². The molecule has 0 saturated carbocycles. The van der Waals surface area contributed by atoms with Gasteiger partial charge >= 0.3 is 0 Å². The van der Waals surface area contributed by atoms with Gasteiger partial charge in [0.1, 0.15) is 0 Å². The highest BCUT2D eigenvalue weighted by molar-refractivity contribution is 6.30. The van der Waals surface area contributed by atoms with Crippen LogP contribution >= 0.6 is 11.6 Å². The fourth-order valence-electron chi connectivity index (χ4n) is 2.41. The van der Waals surface area contributed by atoms with Gasteiger partial charge in [0.05, 0.1) is 6.20 Å². The van der Waals surface area contributed by atoms with Crippen molar-refractivity contribution in [2.45, 2.75) is 13.3 Å². The number of carbonyl (C=O) groups is 1. The van der Waals surface area contributed by atoms with Crippen LogP contribution in [0.5, 0.6) is 0 Å². The first-order chi connectivity index (χ1) is 12.6. The van der Waals surface area contributed by atoms with Crippen LogP contribution in [0.1, 0.15) is 22.8 Å². The summed E-state index contributed by atoms with van der Waals surface area (Å²) in [4.78, 5) is 15.9. The molecule has 132 valence electrons. The number of aromatic nitrogens is 3. The Labute approximate surface area is 156 Å². The summed E-state index contributed by atoms with van der Waals surface area (Å²) < 4.78 is 0. The fourth-order valence-corrected chi connectivity index (χ4v) is 2.63. The van der Waals surface area contributed by atoms with Crippen molar-refractivity contribution in [1.29, 1.82) is 0 Å². The summed E-state index contributed by atoms with van der Waals surface area (Å²) in [6, 6.07) is 15.0. The predicted molar refractivity (Wildman–Crippen MR) is 103 cm³/mol. The predicted octanol–water partition coefficient (Wildman–Crippen LogP) is 4.13. The quantitative estimate of drug-likeness (QED) is 0.611. The Bertz CT molecular complexity index is 916. The van der Waals surface area contributed by atoms with Crippen LogP contribution < -0.4 is 10.6 Å². The number of hydrogen-bond donors (Lipinski definition) is 2. The lowest BCUT2D eigenvalue weighted by atomic mass is 10.1. The van der Waals surface area contributed by atoms with Crippen molar-refractivity contribution in [2.75, 3.05) is 17.2 Å². The standard InChI is InChI=1S/C19H18ClN5O/c1-13(26)15-5-3-7-17(11-15)23-18-12-22-25-19(24-18)21-9-8-14-4-2-6-16(20)10-14/h2-7,10-12H,8-9H2,1H3,(H2,21,23,24,25). The van der Waals surface area contributed by atoms with E-state index in [0.29, 0.717) is 23.9 Å². The van der Waals surface area contributed by atoms with E-state index in [4.69, 9.17) is 11.6 Å². The molecule has 0 aliphatic carbocycles. The lowest BCUT2D eigenvalue weighted by Gasteiger charge is -2.08. The minimum atomic E-state index is 0.0119. The Morgan fingerprint density at radius 3 is 2.81 bits per heavy atom. The average Bonchev–Trinajstić information content (AvgIpc) is 2.62. The molecule has 0 unspecified atom stereocenters. The maximum absolute atomic E-state index is 11.5. The van der Waals surface area contributed by atoms with Gasteiger partial charge < -0.3 is 10.6 Å². The summed E-state index contributed by atoms with van der Waals surface area (Å²) in [5.74, 6) is 0.989. The van der Waals surface area contributed by atoms with Gasteiger partial charge in [-0.05, 0) is 43.2 Å². The topological polar surface area (TPSA) is 79.8 Å². The van der Waals surface area contributed by atoms with Gasteiger partial charge in [-0.3, -0.25) is 4.79 Å². The number of carbonyl (C=O) groups excluding carboxylic acids is 1. The highest BCUT2D eigenvalue weighted by atomic mass is 35.5. The van der Waals surface area contributed by atoms with Crippen molar-refractivity contribution in [2.24, 2.45) is 0 Å². The van der Waals surface area contributed by atoms with Crippen LogP contribution in [-0.2, 0) is 6.42 Å². The molecule has 0 atom stereocenters. The van der Waals surface area contributed by atoms with Crippen LogP contribution in [0.4, 0.5) is 17.5 Å². The normalized spacial score (nSPS) is 10.4. The zero-order valence-electron chi connectivity index (χ0n) is 14.2. The molecule has 0 fully saturated rings. The smallest absolute Gasteiger partial charge is 0.244 e. The number of ketones is 1. The number of halogens is 1. The Kier molecular flexibility index (Phi) is 5.76. The highest BCUT2D eigenvalue weighted by Gasteiger charge is 2.04. The molecule has 3 aromatic rings. The lowest BCUT2D eigenvalue weighted by molar-refractivity contribution is 0.101. The van der Waals surface area contributed by atoms with Crippen LogP contribution in [0.15, 0.2) is 54.7 Å². The second-order valence-corrected chi connectivity index (χ2v) is 6.17. The first-order valence-electron chi connectivity index (χ1n) is 8.16. The third-order valence-electron chi connectivity index (χ3n) is 3.69. The van der Waals surface area contributed by atoms with Gasteiger partial charge in [0.25, 0.3) is 0 Å². The Hall–Kier alpha value is -2.99. The van der Waals surface area contributed by atoms with Crippen molar-refractivity contribution in [3.8, 4) is 0 Å². The molecular formula is C19H18ClN5O. The van der Waals surface area contributed by atoms with Crippen LogP contribution in [0.25, 0.3) is 0 Å². The molecule has 2 aromatic carbocycles. The van der Waals surface area contributed by atoms with E-state index in [2.05, 4.69) is 25.8 Å². The van der Waals surface area contributed by atoms with Crippen molar-refractivity contribution in [3.63, 3.8) is 0 Å². The van der Waals surface area contributed by atoms with Crippen LogP contribution in [-0.4, -0.2) is 27.5 Å². The molecule has 0 aliphatic rings. The number of rotatable bonds is 7. The molecule has 0 bridgehead atoms. The molecule has 0 radical (unpaired) electrons. The number of nitrogens with one attached hydrogen (secondary N) is 2. The minimum Gasteiger partial charge on any atom is -0.353 e. The molecule has 26 heavy (non-hydrogen) atoms. The second kappa shape index (κ2) is 8.40. The Morgan fingerprint density at radius 2 is 2.00 bits per heavy atom. The molecular weight excluding hydrogens is 350 g/mol. The van der Waals surface area contributed by atoms with Crippen LogP contribution in [0.3, 0.4) is 0 Å². The summed E-state index contributed by atoms with van der Waals surface area (Å²) >= 11 is 5.98. The van der Waals surface area contributed by atoms with Gasteiger partial charge in [-0.1, -0.05) is 35.9 Å². The monoisotopic (exact) mass is 367 g/mol. The van der Waals surface area contributed by atoms with Crippen molar-refractivity contribution < 1.29 is 4.79 Å². The summed E-state index contributed by atoms with van der Waals surface area (Å²) in [5.41, 5.74) is 2.54. The van der Waals surface area contributed by atoms with Gasteiger partial charge in [-0.25, -0.2) is 0 Å². The first-order valence-corrected chi connectivity index (χ1v) is 8.54. The largest absolute Gasteiger partial charge is 0.353 e. The first kappa shape index (κ1) is 17.8. The van der Waals surface area contributed by atoms with Crippen molar-refractivity contribution in [3.05, 3.63) is 70.9 Å². The van der Waals surface area contributed by atoms with Gasteiger partial charge in [0, 0.05) is 22.8 Å². The summed E-state index contributed by atoms with van der Waals surface area (Å²) in [7, 11) is 0. The molecule has 0 amide bonds. The third kappa shape index (κ3) is 5.00. The Morgan fingerprint density at radius 1 is 1.15 bits per heavy atom. The number of Topliss-reactive ketones (excluding diaryl/α,β-unsaturated/α-hetero) is 1. The van der Waals surface area contributed by atoms with Gasteiger partial charge in [0.15, 0.2) is 11.6 Å². The van der Waals surface area contributed by atoms with E-state index in [0.717, 1.165) is 22.7 Å². The molecule has 0 saturated heterocycles. The van der Waals surface area contributed by atoms with E-state index in [1.807, 2.05) is 36.4 Å². The number of nitrogens with zero attached hydrogens (tertiary/aromatic N) is 3.